The molecule has 1 N–H and O–H groups in total. The number of anilines is 2. The van der Waals surface area contributed by atoms with E-state index in [9.17, 15) is 18.4 Å². The van der Waals surface area contributed by atoms with E-state index in [-0.39, 0.29) is 24.6 Å². The number of aliphatic imine (C=N–C) groups is 1. The minimum absolute atomic E-state index is 0.0191. The zero-order valence-electron chi connectivity index (χ0n) is 16.1. The van der Waals surface area contributed by atoms with E-state index in [1.807, 2.05) is 0 Å². The van der Waals surface area contributed by atoms with Crippen LogP contribution in [0.1, 0.15) is 12.0 Å². The summed E-state index contributed by atoms with van der Waals surface area (Å²) in [4.78, 5) is 31.6. The SMILES string of the molecule is O=C(CN1C(=O)CC(c2ccc(Cl)cc2)=Nc2ccccc21)Nc1ccc(F)c(F)c1. The fraction of sp³-hybridized carbons (Fsp3) is 0.0870. The number of carbonyl (C=O) groups excluding carboxylic acids is 2. The van der Waals surface area contributed by atoms with Crippen LogP contribution >= 0.6 is 11.6 Å². The summed E-state index contributed by atoms with van der Waals surface area (Å²) >= 11 is 5.95. The van der Waals surface area contributed by atoms with E-state index < -0.39 is 17.5 Å². The third kappa shape index (κ3) is 4.62. The lowest BCUT2D eigenvalue weighted by Gasteiger charge is -2.22. The van der Waals surface area contributed by atoms with E-state index in [1.165, 1.54) is 11.0 Å². The smallest absolute Gasteiger partial charge is 0.244 e. The summed E-state index contributed by atoms with van der Waals surface area (Å²) in [5, 5.41) is 3.06. The van der Waals surface area contributed by atoms with Gasteiger partial charge in [0.1, 0.15) is 6.54 Å². The molecular formula is C23H16ClF2N3O2. The van der Waals surface area contributed by atoms with Crippen LogP contribution in [0.15, 0.2) is 71.7 Å². The Morgan fingerprint density at radius 1 is 1.03 bits per heavy atom. The van der Waals surface area contributed by atoms with Gasteiger partial charge >= 0.3 is 0 Å². The van der Waals surface area contributed by atoms with Gasteiger partial charge in [0, 0.05) is 16.8 Å². The summed E-state index contributed by atoms with van der Waals surface area (Å²) in [7, 11) is 0. The largest absolute Gasteiger partial charge is 0.324 e. The Kier molecular flexibility index (Phi) is 5.77. The van der Waals surface area contributed by atoms with Crippen molar-refractivity contribution in [3.63, 3.8) is 0 Å². The minimum atomic E-state index is -1.07. The van der Waals surface area contributed by atoms with Gasteiger partial charge in [-0.2, -0.15) is 0 Å². The number of hydrogen-bond donors (Lipinski definition) is 1. The molecular weight excluding hydrogens is 424 g/mol. The van der Waals surface area contributed by atoms with Crippen molar-refractivity contribution in [3.05, 3.63) is 89.0 Å². The van der Waals surface area contributed by atoms with Crippen LogP contribution in [0.3, 0.4) is 0 Å². The number of rotatable bonds is 4. The molecule has 0 atom stereocenters. The molecule has 3 aromatic carbocycles. The number of para-hydroxylation sites is 2. The molecule has 0 bridgehead atoms. The molecule has 8 heteroatoms. The lowest BCUT2D eigenvalue weighted by atomic mass is 10.1. The van der Waals surface area contributed by atoms with Gasteiger partial charge in [0.2, 0.25) is 11.8 Å². The number of hydrogen-bond acceptors (Lipinski definition) is 3. The topological polar surface area (TPSA) is 61.8 Å². The molecule has 5 nitrogen and oxygen atoms in total. The second-order valence-corrected chi connectivity index (χ2v) is 7.32. The fourth-order valence-corrected chi connectivity index (χ4v) is 3.37. The Bertz CT molecular complexity index is 1200. The Morgan fingerprint density at radius 3 is 2.52 bits per heavy atom. The predicted octanol–water partition coefficient (Wildman–Crippen LogP) is 5.11. The molecule has 3 aromatic rings. The molecule has 1 aliphatic heterocycles. The summed E-state index contributed by atoms with van der Waals surface area (Å²) in [5.41, 5.74) is 2.42. The predicted molar refractivity (Wildman–Crippen MR) is 116 cm³/mol. The monoisotopic (exact) mass is 439 g/mol. The molecule has 0 aromatic heterocycles. The molecule has 156 valence electrons. The molecule has 1 aliphatic rings. The van der Waals surface area contributed by atoms with Gasteiger partial charge in [0.25, 0.3) is 0 Å². The number of benzene rings is 3. The Balaban J connectivity index is 1.59. The van der Waals surface area contributed by atoms with Crippen LogP contribution < -0.4 is 10.2 Å². The number of amides is 2. The number of halogens is 3. The molecule has 0 unspecified atom stereocenters. The summed E-state index contributed by atoms with van der Waals surface area (Å²) < 4.78 is 26.5. The van der Waals surface area contributed by atoms with E-state index in [2.05, 4.69) is 10.3 Å². The highest BCUT2D eigenvalue weighted by atomic mass is 35.5. The highest BCUT2D eigenvalue weighted by Gasteiger charge is 2.26. The van der Waals surface area contributed by atoms with Crippen LogP contribution in [0.25, 0.3) is 0 Å². The molecule has 4 rings (SSSR count). The molecule has 0 saturated heterocycles. The third-order valence-electron chi connectivity index (χ3n) is 4.73. The average Bonchev–Trinajstić information content (AvgIpc) is 2.88. The van der Waals surface area contributed by atoms with Crippen LogP contribution in [0.5, 0.6) is 0 Å². The van der Waals surface area contributed by atoms with Gasteiger partial charge < -0.3 is 10.2 Å². The van der Waals surface area contributed by atoms with Gasteiger partial charge in [0.05, 0.1) is 23.5 Å². The van der Waals surface area contributed by atoms with Gasteiger partial charge in [-0.1, -0.05) is 35.9 Å². The molecule has 0 aliphatic carbocycles. The first-order valence-corrected chi connectivity index (χ1v) is 9.76. The molecule has 1 heterocycles. The van der Waals surface area contributed by atoms with Crippen LogP contribution in [0, 0.1) is 11.6 Å². The van der Waals surface area contributed by atoms with Crippen LogP contribution in [-0.2, 0) is 9.59 Å². The maximum atomic E-state index is 13.4. The lowest BCUT2D eigenvalue weighted by molar-refractivity contribution is -0.120. The van der Waals surface area contributed by atoms with Crippen molar-refractivity contribution in [3.8, 4) is 0 Å². The second kappa shape index (κ2) is 8.65. The first-order valence-electron chi connectivity index (χ1n) is 9.38. The first-order chi connectivity index (χ1) is 14.9. The molecule has 0 fully saturated rings. The Hall–Kier alpha value is -3.58. The quantitative estimate of drug-likeness (QED) is 0.613. The van der Waals surface area contributed by atoms with Crippen LogP contribution in [0.4, 0.5) is 25.8 Å². The van der Waals surface area contributed by atoms with Gasteiger partial charge in [-0.15, -0.1) is 0 Å². The number of nitrogens with zero attached hydrogens (tertiary/aromatic N) is 2. The summed E-state index contributed by atoms with van der Waals surface area (Å²) in [6.45, 7) is -0.307. The van der Waals surface area contributed by atoms with Crippen molar-refractivity contribution < 1.29 is 18.4 Å². The lowest BCUT2D eigenvalue weighted by Crippen LogP contribution is -2.38. The molecule has 2 amide bonds. The zero-order valence-corrected chi connectivity index (χ0v) is 16.9. The second-order valence-electron chi connectivity index (χ2n) is 6.89. The summed E-state index contributed by atoms with van der Waals surface area (Å²) in [6.07, 6.45) is -0.0191. The van der Waals surface area contributed by atoms with Gasteiger partial charge in [-0.05, 0) is 42.0 Å². The zero-order chi connectivity index (χ0) is 22.0. The minimum Gasteiger partial charge on any atom is -0.324 e. The van der Waals surface area contributed by atoms with Crippen molar-refractivity contribution in [2.24, 2.45) is 4.99 Å². The molecule has 0 radical (unpaired) electrons. The average molecular weight is 440 g/mol. The Morgan fingerprint density at radius 2 is 1.77 bits per heavy atom. The molecule has 0 saturated carbocycles. The maximum absolute atomic E-state index is 13.4. The van der Waals surface area contributed by atoms with Gasteiger partial charge in [-0.25, -0.2) is 8.78 Å². The number of carbonyl (C=O) groups is 2. The number of fused-ring (bicyclic) bond motifs is 1. The van der Waals surface area contributed by atoms with E-state index in [0.717, 1.165) is 17.7 Å². The summed E-state index contributed by atoms with van der Waals surface area (Å²) in [5.74, 6) is -2.96. The maximum Gasteiger partial charge on any atom is 0.244 e. The highest BCUT2D eigenvalue weighted by molar-refractivity contribution is 6.30. The van der Waals surface area contributed by atoms with Crippen molar-refractivity contribution in [2.75, 3.05) is 16.8 Å². The molecule has 31 heavy (non-hydrogen) atoms. The number of nitrogens with one attached hydrogen (secondary N) is 1. The van der Waals surface area contributed by atoms with Crippen molar-refractivity contribution in [2.45, 2.75) is 6.42 Å². The van der Waals surface area contributed by atoms with Crippen LogP contribution in [-0.4, -0.2) is 24.1 Å². The van der Waals surface area contributed by atoms with E-state index in [0.29, 0.717) is 22.1 Å². The Labute approximate surface area is 182 Å². The van der Waals surface area contributed by atoms with Crippen molar-refractivity contribution in [1.82, 2.24) is 0 Å². The summed E-state index contributed by atoms with van der Waals surface area (Å²) in [6, 6.07) is 17.0. The van der Waals surface area contributed by atoms with Gasteiger partial charge in [-0.3, -0.25) is 14.6 Å². The van der Waals surface area contributed by atoms with Crippen molar-refractivity contribution in [1.29, 1.82) is 0 Å². The van der Waals surface area contributed by atoms with Crippen LogP contribution in [0.2, 0.25) is 5.02 Å². The van der Waals surface area contributed by atoms with E-state index in [1.54, 1.807) is 48.5 Å². The van der Waals surface area contributed by atoms with E-state index >= 15 is 0 Å². The van der Waals surface area contributed by atoms with E-state index in [4.69, 9.17) is 11.6 Å². The molecule has 0 spiro atoms. The van der Waals surface area contributed by atoms with Gasteiger partial charge in [0.15, 0.2) is 11.6 Å². The highest BCUT2D eigenvalue weighted by Crippen LogP contribution is 2.33. The van der Waals surface area contributed by atoms with Crippen molar-refractivity contribution >= 4 is 46.2 Å². The normalized spacial score (nSPS) is 13.3. The first kappa shape index (κ1) is 20.7. The standard InChI is InChI=1S/C23H16ClF2N3O2/c24-15-7-5-14(6-8-15)20-12-23(31)29(21-4-2-1-3-19(21)28-20)13-22(30)27-16-9-10-17(25)18(26)11-16/h1-11H,12-13H2,(H,27,30). The fourth-order valence-electron chi connectivity index (χ4n) is 3.25. The third-order valence-corrected chi connectivity index (χ3v) is 4.98.